The number of anilines is 1. The zero-order valence-electron chi connectivity index (χ0n) is 16.0. The van der Waals surface area contributed by atoms with E-state index in [4.69, 9.17) is 21.7 Å². The largest absolute Gasteiger partial charge is 0.478 e. The molecule has 1 amide bonds. The number of hydrogen-bond acceptors (Lipinski definition) is 5. The molecule has 0 spiro atoms. The zero-order chi connectivity index (χ0) is 21.9. The molecule has 0 aliphatic rings. The number of benzene rings is 2. The smallest absolute Gasteiger partial charge is 0.328 e. The lowest BCUT2D eigenvalue weighted by molar-refractivity contribution is -0.134. The lowest BCUT2D eigenvalue weighted by atomic mass is 9.85. The van der Waals surface area contributed by atoms with Gasteiger partial charge < -0.3 is 27.0 Å². The van der Waals surface area contributed by atoms with Crippen molar-refractivity contribution in [3.63, 3.8) is 0 Å². The first-order valence-corrected chi connectivity index (χ1v) is 8.71. The maximum Gasteiger partial charge on any atom is 0.328 e. The van der Waals surface area contributed by atoms with Gasteiger partial charge in [0.25, 0.3) is 0 Å². The van der Waals surface area contributed by atoms with Gasteiger partial charge in [0.05, 0.1) is 12.1 Å². The first-order valence-electron chi connectivity index (χ1n) is 8.71. The molecule has 0 saturated carbocycles. The molecule has 1 atom stereocenters. The van der Waals surface area contributed by atoms with E-state index in [0.717, 1.165) is 11.1 Å². The first kappa shape index (κ1) is 23.4. The summed E-state index contributed by atoms with van der Waals surface area (Å²) in [6, 6.07) is 17.6. The van der Waals surface area contributed by atoms with Crippen molar-refractivity contribution in [3.8, 4) is 0 Å². The number of carbonyl (C=O) groups excluding carboxylic acids is 1. The van der Waals surface area contributed by atoms with Crippen LogP contribution >= 0.6 is 0 Å². The number of nitrogens with one attached hydrogen (secondary N) is 1. The highest BCUT2D eigenvalue weighted by Gasteiger charge is 2.28. The van der Waals surface area contributed by atoms with Gasteiger partial charge >= 0.3 is 11.9 Å². The van der Waals surface area contributed by atoms with E-state index in [1.165, 1.54) is 0 Å². The predicted octanol–water partition coefficient (Wildman–Crippen LogP) is 1.51. The van der Waals surface area contributed by atoms with Crippen molar-refractivity contribution in [3.05, 3.63) is 77.9 Å². The van der Waals surface area contributed by atoms with E-state index < -0.39 is 17.5 Å². The summed E-state index contributed by atoms with van der Waals surface area (Å²) in [6.45, 7) is 1.95. The van der Waals surface area contributed by atoms with Gasteiger partial charge in [-0.1, -0.05) is 42.5 Å². The minimum atomic E-state index is -1.26. The van der Waals surface area contributed by atoms with E-state index in [-0.39, 0.29) is 12.5 Å². The number of aliphatic carboxylic acids is 2. The Hall–Kier alpha value is -3.65. The quantitative estimate of drug-likeness (QED) is 0.349. The molecule has 0 aromatic heterocycles. The molecule has 8 nitrogen and oxygen atoms in total. The van der Waals surface area contributed by atoms with Gasteiger partial charge in [-0.25, -0.2) is 9.59 Å². The van der Waals surface area contributed by atoms with Crippen LogP contribution in [-0.2, 0) is 26.3 Å². The van der Waals surface area contributed by atoms with Gasteiger partial charge in [-0.2, -0.15) is 0 Å². The fourth-order valence-electron chi connectivity index (χ4n) is 2.61. The van der Waals surface area contributed by atoms with Gasteiger partial charge in [0.2, 0.25) is 5.91 Å². The van der Waals surface area contributed by atoms with Crippen LogP contribution in [0, 0.1) is 0 Å². The van der Waals surface area contributed by atoms with Crippen LogP contribution in [0.5, 0.6) is 0 Å². The normalized spacial score (nSPS) is 12.3. The fourth-order valence-corrected chi connectivity index (χ4v) is 2.61. The van der Waals surface area contributed by atoms with E-state index >= 15 is 0 Å². The van der Waals surface area contributed by atoms with E-state index in [9.17, 15) is 14.4 Å². The predicted molar refractivity (Wildman–Crippen MR) is 110 cm³/mol. The Bertz CT molecular complexity index is 852. The van der Waals surface area contributed by atoms with Crippen molar-refractivity contribution in [1.29, 1.82) is 0 Å². The van der Waals surface area contributed by atoms with Crippen LogP contribution in [0.2, 0.25) is 0 Å². The van der Waals surface area contributed by atoms with Crippen LogP contribution in [-0.4, -0.2) is 34.6 Å². The maximum atomic E-state index is 11.8. The van der Waals surface area contributed by atoms with Gasteiger partial charge in [-0.05, 0) is 36.6 Å². The number of nitrogens with two attached hydrogens (primary N) is 2. The molecule has 29 heavy (non-hydrogen) atoms. The third-order valence-corrected chi connectivity index (χ3v) is 3.89. The minimum Gasteiger partial charge on any atom is -0.478 e. The Balaban J connectivity index is 0.000000447. The van der Waals surface area contributed by atoms with Gasteiger partial charge in [0, 0.05) is 17.8 Å². The summed E-state index contributed by atoms with van der Waals surface area (Å²) in [5.41, 5.74) is 13.5. The molecular weight excluding hydrogens is 374 g/mol. The summed E-state index contributed by atoms with van der Waals surface area (Å²) in [6.07, 6.45) is 1.79. The monoisotopic (exact) mass is 399 g/mol. The number of nitrogen functional groups attached to an aromatic ring is 1. The molecule has 2 aromatic carbocycles. The SMILES string of the molecule is CC(Cc1ccccc1)(NC(=O)CN)c1cccc(N)c1.O=C(O)/C=C\C(=O)O. The molecule has 7 N–H and O–H groups in total. The molecule has 0 radical (unpaired) electrons. The minimum absolute atomic E-state index is 0.0350. The highest BCUT2D eigenvalue weighted by Crippen LogP contribution is 2.27. The molecule has 8 heteroatoms. The molecule has 0 heterocycles. The number of hydrogen-bond donors (Lipinski definition) is 5. The molecule has 2 aromatic rings. The van der Waals surface area contributed by atoms with Crippen molar-refractivity contribution < 1.29 is 24.6 Å². The van der Waals surface area contributed by atoms with Crippen LogP contribution < -0.4 is 16.8 Å². The number of amides is 1. The Morgan fingerprint density at radius 3 is 2.07 bits per heavy atom. The molecule has 0 bridgehead atoms. The second-order valence-corrected chi connectivity index (χ2v) is 6.38. The summed E-state index contributed by atoms with van der Waals surface area (Å²) in [7, 11) is 0. The highest BCUT2D eigenvalue weighted by atomic mass is 16.4. The topological polar surface area (TPSA) is 156 Å². The van der Waals surface area contributed by atoms with E-state index in [2.05, 4.69) is 5.32 Å². The summed E-state index contributed by atoms with van der Waals surface area (Å²) in [4.78, 5) is 30.9. The summed E-state index contributed by atoms with van der Waals surface area (Å²) < 4.78 is 0. The zero-order valence-corrected chi connectivity index (χ0v) is 16.0. The fraction of sp³-hybridized carbons (Fsp3) is 0.190. The van der Waals surface area contributed by atoms with E-state index in [0.29, 0.717) is 24.3 Å². The van der Waals surface area contributed by atoms with Crippen LogP contribution in [0.3, 0.4) is 0 Å². The molecule has 0 fully saturated rings. The number of carbonyl (C=O) groups is 3. The number of carboxylic acids is 2. The van der Waals surface area contributed by atoms with E-state index in [1.807, 2.05) is 61.5 Å². The Morgan fingerprint density at radius 1 is 1.00 bits per heavy atom. The van der Waals surface area contributed by atoms with Crippen LogP contribution in [0.1, 0.15) is 18.1 Å². The van der Waals surface area contributed by atoms with Crippen LogP contribution in [0.25, 0.3) is 0 Å². The van der Waals surface area contributed by atoms with Crippen molar-refractivity contribution >= 4 is 23.5 Å². The van der Waals surface area contributed by atoms with Gasteiger partial charge in [-0.3, -0.25) is 4.79 Å². The van der Waals surface area contributed by atoms with E-state index in [1.54, 1.807) is 0 Å². The number of rotatable bonds is 7. The Kier molecular flexibility index (Phi) is 9.07. The molecular formula is C21H25N3O5. The summed E-state index contributed by atoms with van der Waals surface area (Å²) in [5.74, 6) is -2.70. The highest BCUT2D eigenvalue weighted by molar-refractivity contribution is 5.89. The molecule has 154 valence electrons. The third-order valence-electron chi connectivity index (χ3n) is 3.89. The standard InChI is InChI=1S/C17H21N3O.C4H4O4/c1-17(20-16(21)12-18,11-13-6-3-2-4-7-13)14-8-5-9-15(19)10-14;5-3(6)1-2-4(7)8/h2-10H,11-12,18-19H2,1H3,(H,20,21);1-2H,(H,5,6)(H,7,8)/b;2-1-. The van der Waals surface area contributed by atoms with Gasteiger partial charge in [-0.15, -0.1) is 0 Å². The van der Waals surface area contributed by atoms with Crippen LogP contribution in [0.4, 0.5) is 5.69 Å². The average molecular weight is 399 g/mol. The second-order valence-electron chi connectivity index (χ2n) is 6.38. The molecule has 2 rings (SSSR count). The third kappa shape index (κ3) is 8.72. The maximum absolute atomic E-state index is 11.8. The Labute approximate surface area is 168 Å². The lowest BCUT2D eigenvalue weighted by Crippen LogP contribution is -2.47. The van der Waals surface area contributed by atoms with Gasteiger partial charge in [0.1, 0.15) is 0 Å². The average Bonchev–Trinajstić information content (AvgIpc) is 2.67. The number of carboxylic acid groups (broad SMARTS) is 2. The lowest BCUT2D eigenvalue weighted by Gasteiger charge is -2.32. The molecule has 1 unspecified atom stereocenters. The second kappa shape index (κ2) is 11.3. The summed E-state index contributed by atoms with van der Waals surface area (Å²) in [5, 5.41) is 18.6. The van der Waals surface area contributed by atoms with Crippen LogP contribution in [0.15, 0.2) is 66.7 Å². The summed E-state index contributed by atoms with van der Waals surface area (Å²) >= 11 is 0. The van der Waals surface area contributed by atoms with Crippen molar-refractivity contribution in [1.82, 2.24) is 5.32 Å². The molecule has 0 saturated heterocycles. The van der Waals surface area contributed by atoms with Crippen molar-refractivity contribution in [2.75, 3.05) is 12.3 Å². The van der Waals surface area contributed by atoms with Crippen molar-refractivity contribution in [2.45, 2.75) is 18.9 Å². The first-order chi connectivity index (χ1) is 13.7. The molecule has 0 aliphatic carbocycles. The molecule has 0 aliphatic heterocycles. The van der Waals surface area contributed by atoms with Crippen molar-refractivity contribution in [2.24, 2.45) is 5.73 Å². The van der Waals surface area contributed by atoms with Gasteiger partial charge in [0.15, 0.2) is 0 Å². The Morgan fingerprint density at radius 2 is 1.59 bits per heavy atom.